The number of nitrogens with two attached hydrogens (primary N) is 1. The summed E-state index contributed by atoms with van der Waals surface area (Å²) in [6.07, 6.45) is 3.71. The molecule has 2 rings (SSSR count). The molecule has 0 radical (unpaired) electrons. The molecular weight excluding hydrogens is 268 g/mol. The van der Waals surface area contributed by atoms with E-state index in [1.807, 2.05) is 4.90 Å². The van der Waals surface area contributed by atoms with Crippen molar-refractivity contribution in [1.29, 1.82) is 0 Å². The summed E-state index contributed by atoms with van der Waals surface area (Å²) in [7, 11) is 0. The highest BCUT2D eigenvalue weighted by molar-refractivity contribution is 5.83. The van der Waals surface area contributed by atoms with Gasteiger partial charge in [-0.05, 0) is 31.1 Å². The third-order valence-corrected chi connectivity index (χ3v) is 4.48. The van der Waals surface area contributed by atoms with Crippen LogP contribution in [0.25, 0.3) is 0 Å². The van der Waals surface area contributed by atoms with Crippen molar-refractivity contribution in [2.45, 2.75) is 39.2 Å². The van der Waals surface area contributed by atoms with Crippen LogP contribution in [0, 0.1) is 11.8 Å². The van der Waals surface area contributed by atoms with Crippen LogP contribution in [0.1, 0.15) is 33.1 Å². The number of nitrogens with zero attached hydrogens (tertiary/aromatic N) is 2. The Kier molecular flexibility index (Phi) is 5.45. The van der Waals surface area contributed by atoms with E-state index in [2.05, 4.69) is 24.1 Å². The lowest BCUT2D eigenvalue weighted by atomic mass is 10.0. The van der Waals surface area contributed by atoms with Crippen LogP contribution in [0.15, 0.2) is 0 Å². The average Bonchev–Trinajstić information content (AvgIpc) is 3.23. The van der Waals surface area contributed by atoms with Crippen molar-refractivity contribution < 1.29 is 9.59 Å². The van der Waals surface area contributed by atoms with Gasteiger partial charge in [-0.15, -0.1) is 0 Å². The van der Waals surface area contributed by atoms with Crippen LogP contribution in [0.2, 0.25) is 0 Å². The number of primary amides is 1. The Hall–Kier alpha value is -1.30. The lowest BCUT2D eigenvalue weighted by molar-refractivity contribution is -0.130. The van der Waals surface area contributed by atoms with Crippen LogP contribution >= 0.6 is 0 Å². The van der Waals surface area contributed by atoms with Gasteiger partial charge in [-0.3, -0.25) is 9.69 Å². The average molecular weight is 296 g/mol. The van der Waals surface area contributed by atoms with Crippen molar-refractivity contribution in [3.05, 3.63) is 0 Å². The molecule has 21 heavy (non-hydrogen) atoms. The molecule has 0 aromatic heterocycles. The predicted molar refractivity (Wildman–Crippen MR) is 81.7 cm³/mol. The molecule has 1 heterocycles. The second-order valence-corrected chi connectivity index (χ2v) is 6.66. The number of urea groups is 1. The zero-order chi connectivity index (χ0) is 15.4. The molecule has 2 aliphatic rings. The molecule has 0 aromatic carbocycles. The Bertz CT molecular complexity index is 382. The minimum atomic E-state index is -0.644. The monoisotopic (exact) mass is 296 g/mol. The number of carbonyl (C=O) groups is 2. The zero-order valence-corrected chi connectivity index (χ0v) is 13.2. The molecule has 6 heteroatoms. The molecular formula is C15H28N4O2. The quantitative estimate of drug-likeness (QED) is 0.781. The fourth-order valence-electron chi connectivity index (χ4n) is 3.06. The first-order chi connectivity index (χ1) is 9.97. The summed E-state index contributed by atoms with van der Waals surface area (Å²) in [5, 5.41) is 2.39. The lowest BCUT2D eigenvalue weighted by Crippen LogP contribution is -2.48. The van der Waals surface area contributed by atoms with E-state index in [0.717, 1.165) is 32.0 Å². The van der Waals surface area contributed by atoms with Gasteiger partial charge in [0.05, 0.1) is 6.54 Å². The fourth-order valence-corrected chi connectivity index (χ4v) is 3.06. The van der Waals surface area contributed by atoms with Gasteiger partial charge < -0.3 is 16.0 Å². The van der Waals surface area contributed by atoms with E-state index in [1.165, 1.54) is 19.4 Å². The van der Waals surface area contributed by atoms with Crippen molar-refractivity contribution in [2.75, 3.05) is 32.7 Å². The van der Waals surface area contributed by atoms with E-state index in [4.69, 9.17) is 5.73 Å². The highest BCUT2D eigenvalue weighted by Crippen LogP contribution is 2.31. The minimum absolute atomic E-state index is 0.00275. The van der Waals surface area contributed by atoms with Crippen LogP contribution in [-0.4, -0.2) is 60.5 Å². The number of nitrogens with one attached hydrogen (secondary N) is 1. The van der Waals surface area contributed by atoms with E-state index in [9.17, 15) is 9.59 Å². The van der Waals surface area contributed by atoms with Gasteiger partial charge in [0.15, 0.2) is 0 Å². The van der Waals surface area contributed by atoms with Crippen molar-refractivity contribution >= 4 is 11.9 Å². The summed E-state index contributed by atoms with van der Waals surface area (Å²) in [5.41, 5.74) is 5.03. The van der Waals surface area contributed by atoms with Crippen molar-refractivity contribution in [1.82, 2.24) is 15.1 Å². The van der Waals surface area contributed by atoms with Gasteiger partial charge in [0.2, 0.25) is 5.91 Å². The van der Waals surface area contributed by atoms with Crippen molar-refractivity contribution in [3.8, 4) is 0 Å². The Labute approximate surface area is 127 Å². The summed E-state index contributed by atoms with van der Waals surface area (Å²) in [6, 6.07) is -0.237. The van der Waals surface area contributed by atoms with E-state index in [-0.39, 0.29) is 12.5 Å². The largest absolute Gasteiger partial charge is 0.352 e. The molecule has 1 aliphatic heterocycles. The maximum Gasteiger partial charge on any atom is 0.312 e. The van der Waals surface area contributed by atoms with Crippen LogP contribution in [0.3, 0.4) is 0 Å². The highest BCUT2D eigenvalue weighted by Gasteiger charge is 2.33. The Morgan fingerprint density at radius 2 is 2.00 bits per heavy atom. The SMILES string of the molecule is CC(C)[C@@H]1CN(C(=O)CNC(N)=O)CCCN1CC1CC1. The van der Waals surface area contributed by atoms with Gasteiger partial charge >= 0.3 is 6.03 Å². The zero-order valence-electron chi connectivity index (χ0n) is 13.2. The van der Waals surface area contributed by atoms with E-state index in [1.54, 1.807) is 0 Å². The molecule has 0 unspecified atom stereocenters. The summed E-state index contributed by atoms with van der Waals surface area (Å²) in [5.74, 6) is 1.35. The summed E-state index contributed by atoms with van der Waals surface area (Å²) < 4.78 is 0. The molecule has 120 valence electrons. The predicted octanol–water partition coefficient (Wildman–Crippen LogP) is 0.624. The minimum Gasteiger partial charge on any atom is -0.352 e. The highest BCUT2D eigenvalue weighted by atomic mass is 16.2. The molecule has 0 bridgehead atoms. The first kappa shape index (κ1) is 16.1. The standard InChI is InChI=1S/C15H28N4O2/c1-11(2)13-10-19(14(20)8-17-15(16)21)7-3-6-18(13)9-12-4-5-12/h11-13H,3-10H2,1-2H3,(H3,16,17,21)/t13-/m0/s1. The first-order valence-corrected chi connectivity index (χ1v) is 8.02. The molecule has 0 aromatic rings. The fraction of sp³-hybridized carbons (Fsp3) is 0.867. The smallest absolute Gasteiger partial charge is 0.312 e. The Morgan fingerprint density at radius 3 is 2.57 bits per heavy atom. The molecule has 1 saturated carbocycles. The maximum atomic E-state index is 12.2. The Morgan fingerprint density at radius 1 is 1.29 bits per heavy atom. The molecule has 2 fully saturated rings. The third-order valence-electron chi connectivity index (χ3n) is 4.48. The summed E-state index contributed by atoms with van der Waals surface area (Å²) in [4.78, 5) is 27.4. The third kappa shape index (κ3) is 4.88. The molecule has 3 N–H and O–H groups in total. The number of amides is 3. The van der Waals surface area contributed by atoms with Crippen molar-refractivity contribution in [2.24, 2.45) is 17.6 Å². The number of rotatable bonds is 5. The topological polar surface area (TPSA) is 78.7 Å². The van der Waals surface area contributed by atoms with Crippen LogP contribution in [0.5, 0.6) is 0 Å². The summed E-state index contributed by atoms with van der Waals surface area (Å²) in [6.45, 7) is 8.20. The van der Waals surface area contributed by atoms with E-state index in [0.29, 0.717) is 12.0 Å². The molecule has 3 amide bonds. The second-order valence-electron chi connectivity index (χ2n) is 6.66. The van der Waals surface area contributed by atoms with Crippen LogP contribution in [-0.2, 0) is 4.79 Å². The lowest BCUT2D eigenvalue weighted by Gasteiger charge is -2.34. The normalized spacial score (nSPS) is 24.0. The van der Waals surface area contributed by atoms with Gasteiger partial charge in [-0.1, -0.05) is 13.8 Å². The van der Waals surface area contributed by atoms with Gasteiger partial charge in [0.25, 0.3) is 0 Å². The summed E-state index contributed by atoms with van der Waals surface area (Å²) >= 11 is 0. The molecule has 1 atom stereocenters. The van der Waals surface area contributed by atoms with Gasteiger partial charge in [-0.25, -0.2) is 4.79 Å². The number of hydrogen-bond acceptors (Lipinski definition) is 3. The van der Waals surface area contributed by atoms with Crippen LogP contribution < -0.4 is 11.1 Å². The molecule has 6 nitrogen and oxygen atoms in total. The molecule has 0 spiro atoms. The number of carbonyl (C=O) groups excluding carboxylic acids is 2. The second kappa shape index (κ2) is 7.11. The molecule has 1 saturated heterocycles. The van der Waals surface area contributed by atoms with E-state index < -0.39 is 6.03 Å². The maximum absolute atomic E-state index is 12.2. The van der Waals surface area contributed by atoms with E-state index >= 15 is 0 Å². The van der Waals surface area contributed by atoms with Gasteiger partial charge in [-0.2, -0.15) is 0 Å². The first-order valence-electron chi connectivity index (χ1n) is 8.02. The number of hydrogen-bond donors (Lipinski definition) is 2. The van der Waals surface area contributed by atoms with Crippen molar-refractivity contribution in [3.63, 3.8) is 0 Å². The molecule has 1 aliphatic carbocycles. The Balaban J connectivity index is 1.94. The van der Waals surface area contributed by atoms with Crippen LogP contribution in [0.4, 0.5) is 4.79 Å². The van der Waals surface area contributed by atoms with Gasteiger partial charge in [0.1, 0.15) is 0 Å². The van der Waals surface area contributed by atoms with Gasteiger partial charge in [0, 0.05) is 32.2 Å².